The molecule has 1 aliphatic carbocycles. The van der Waals surface area contributed by atoms with E-state index in [0.717, 1.165) is 38.3 Å². The largest absolute Gasteiger partial charge is 0.416 e. The maximum Gasteiger partial charge on any atom is 0.416 e. The Hall–Kier alpha value is -1.65. The number of hydrogen-bond donors (Lipinski definition) is 1. The van der Waals surface area contributed by atoms with Crippen LogP contribution >= 0.6 is 0 Å². The highest BCUT2D eigenvalue weighted by Gasteiger charge is 2.33. The van der Waals surface area contributed by atoms with Crippen molar-refractivity contribution < 1.29 is 26.4 Å². The molecule has 180 valence electrons. The monoisotopic (exact) mass is 475 g/mol. The first-order valence-electron chi connectivity index (χ1n) is 11.1. The van der Waals surface area contributed by atoms with E-state index in [1.54, 1.807) is 0 Å². The molecule has 1 saturated carbocycles. The summed E-state index contributed by atoms with van der Waals surface area (Å²) in [5.74, 6) is -0.445. The van der Waals surface area contributed by atoms with Gasteiger partial charge in [0.25, 0.3) is 0 Å². The van der Waals surface area contributed by atoms with Gasteiger partial charge in [-0.25, -0.2) is 13.1 Å². The van der Waals surface area contributed by atoms with Gasteiger partial charge in [-0.1, -0.05) is 18.2 Å². The third-order valence-corrected chi connectivity index (χ3v) is 7.80. The Bertz CT molecular complexity index is 889. The number of hydrogen-bond acceptors (Lipinski definition) is 4. The number of alkyl halides is 3. The number of amides is 1. The first-order chi connectivity index (χ1) is 14.9. The molecule has 1 aromatic rings. The van der Waals surface area contributed by atoms with E-state index in [1.165, 1.54) is 12.1 Å². The first kappa shape index (κ1) is 25.0. The van der Waals surface area contributed by atoms with Crippen molar-refractivity contribution in [1.82, 2.24) is 14.5 Å². The van der Waals surface area contributed by atoms with Crippen LogP contribution in [0.2, 0.25) is 0 Å². The van der Waals surface area contributed by atoms with Gasteiger partial charge in [0.2, 0.25) is 15.9 Å². The first-order valence-corrected chi connectivity index (χ1v) is 12.8. The molecule has 0 bridgehead atoms. The van der Waals surface area contributed by atoms with Gasteiger partial charge in [0.05, 0.1) is 11.3 Å². The molecule has 1 amide bonds. The third kappa shape index (κ3) is 6.68. The number of carbonyl (C=O) groups is 1. The van der Waals surface area contributed by atoms with Gasteiger partial charge in [0.15, 0.2) is 0 Å². The van der Waals surface area contributed by atoms with E-state index >= 15 is 0 Å². The summed E-state index contributed by atoms with van der Waals surface area (Å²) in [5.41, 5.74) is -0.768. The van der Waals surface area contributed by atoms with Crippen LogP contribution in [-0.4, -0.2) is 62.4 Å². The number of rotatable bonds is 6. The quantitative estimate of drug-likeness (QED) is 0.686. The molecule has 0 spiro atoms. The van der Waals surface area contributed by atoms with Gasteiger partial charge in [-0.3, -0.25) is 9.69 Å². The van der Waals surface area contributed by atoms with Crippen molar-refractivity contribution in [3.63, 3.8) is 0 Å². The Balaban J connectivity index is 1.49. The van der Waals surface area contributed by atoms with E-state index in [1.807, 2.05) is 4.90 Å². The Morgan fingerprint density at radius 1 is 1.09 bits per heavy atom. The molecule has 32 heavy (non-hydrogen) atoms. The minimum absolute atomic E-state index is 0.0928. The van der Waals surface area contributed by atoms with Gasteiger partial charge in [0.1, 0.15) is 0 Å². The summed E-state index contributed by atoms with van der Waals surface area (Å²) >= 11 is 0. The topological polar surface area (TPSA) is 69.7 Å². The summed E-state index contributed by atoms with van der Waals surface area (Å²) in [6, 6.07) is 4.55. The standard InChI is InChI=1S/C22H32F3N3O3S/c1-16(2)27-10-12-28(13-11-27)21(29)18-6-8-20(9-7-18)26-32(30,31)15-17-4-3-5-19(14-17)22(23,24)25/h3-5,14,16,18,20,26H,6-13,15H2,1-2H3/t18-,20-. The lowest BCUT2D eigenvalue weighted by molar-refractivity contribution is -0.139. The molecule has 6 nitrogen and oxygen atoms in total. The lowest BCUT2D eigenvalue weighted by atomic mass is 9.85. The van der Waals surface area contributed by atoms with Crippen molar-refractivity contribution in [3.05, 3.63) is 35.4 Å². The van der Waals surface area contributed by atoms with Gasteiger partial charge in [0, 0.05) is 44.2 Å². The van der Waals surface area contributed by atoms with E-state index in [2.05, 4.69) is 23.5 Å². The number of nitrogens with zero attached hydrogens (tertiary/aromatic N) is 2. The number of sulfonamides is 1. The van der Waals surface area contributed by atoms with Crippen molar-refractivity contribution in [1.29, 1.82) is 0 Å². The number of halogens is 3. The highest BCUT2D eigenvalue weighted by molar-refractivity contribution is 7.88. The van der Waals surface area contributed by atoms with E-state index in [0.29, 0.717) is 31.7 Å². The molecule has 2 fully saturated rings. The van der Waals surface area contributed by atoms with Crippen LogP contribution in [0, 0.1) is 5.92 Å². The molecule has 0 aromatic heterocycles. The third-order valence-electron chi connectivity index (χ3n) is 6.39. The lowest BCUT2D eigenvalue weighted by Gasteiger charge is -2.39. The van der Waals surface area contributed by atoms with Gasteiger partial charge in [-0.15, -0.1) is 0 Å². The fourth-order valence-corrected chi connectivity index (χ4v) is 5.97. The van der Waals surface area contributed by atoms with Crippen LogP contribution in [0.5, 0.6) is 0 Å². The predicted molar refractivity (Wildman–Crippen MR) is 116 cm³/mol. The van der Waals surface area contributed by atoms with Crippen LogP contribution < -0.4 is 4.72 Å². The van der Waals surface area contributed by atoms with E-state index in [-0.39, 0.29) is 23.4 Å². The van der Waals surface area contributed by atoms with Crippen LogP contribution in [0.25, 0.3) is 0 Å². The van der Waals surface area contributed by atoms with Crippen LogP contribution in [-0.2, 0) is 26.7 Å². The lowest BCUT2D eigenvalue weighted by Crippen LogP contribution is -2.52. The average Bonchev–Trinajstić information content (AvgIpc) is 2.73. The molecule has 0 atom stereocenters. The summed E-state index contributed by atoms with van der Waals surface area (Å²) in [7, 11) is -3.79. The van der Waals surface area contributed by atoms with E-state index in [9.17, 15) is 26.4 Å². The van der Waals surface area contributed by atoms with Gasteiger partial charge in [-0.2, -0.15) is 13.2 Å². The SMILES string of the molecule is CC(C)N1CCN(C(=O)[C@H]2CC[C@H](NS(=O)(=O)Cc3cccc(C(F)(F)F)c3)CC2)CC1. The second kappa shape index (κ2) is 10.1. The highest BCUT2D eigenvalue weighted by Crippen LogP contribution is 2.30. The molecule has 2 aliphatic rings. The number of carbonyl (C=O) groups excluding carboxylic acids is 1. The van der Waals surface area contributed by atoms with Crippen molar-refractivity contribution in [3.8, 4) is 0 Å². The molecule has 1 heterocycles. The van der Waals surface area contributed by atoms with Crippen molar-refractivity contribution in [2.75, 3.05) is 26.2 Å². The molecular formula is C22H32F3N3O3S. The molecule has 1 aromatic carbocycles. The zero-order chi connectivity index (χ0) is 23.5. The normalized spacial score (nSPS) is 23.5. The molecular weight excluding hydrogens is 443 g/mol. The maximum absolute atomic E-state index is 12.9. The Kier molecular flexibility index (Phi) is 7.88. The number of nitrogens with one attached hydrogen (secondary N) is 1. The average molecular weight is 476 g/mol. The van der Waals surface area contributed by atoms with Crippen LogP contribution in [0.3, 0.4) is 0 Å². The van der Waals surface area contributed by atoms with Crippen LogP contribution in [0.4, 0.5) is 13.2 Å². The highest BCUT2D eigenvalue weighted by atomic mass is 32.2. The maximum atomic E-state index is 12.9. The fourth-order valence-electron chi connectivity index (χ4n) is 4.53. The fraction of sp³-hybridized carbons (Fsp3) is 0.682. The minimum atomic E-state index is -4.51. The van der Waals surface area contributed by atoms with Crippen molar-refractivity contribution in [2.24, 2.45) is 5.92 Å². The molecule has 10 heteroatoms. The summed E-state index contributed by atoms with van der Waals surface area (Å²) < 4.78 is 66.2. The number of piperazine rings is 1. The van der Waals surface area contributed by atoms with Crippen LogP contribution in [0.15, 0.2) is 24.3 Å². The predicted octanol–water partition coefficient (Wildman–Crippen LogP) is 3.24. The summed E-state index contributed by atoms with van der Waals surface area (Å²) in [5, 5.41) is 0. The zero-order valence-electron chi connectivity index (χ0n) is 18.6. The van der Waals surface area contributed by atoms with Gasteiger partial charge in [-0.05, 0) is 51.2 Å². The minimum Gasteiger partial charge on any atom is -0.340 e. The molecule has 0 radical (unpaired) electrons. The molecule has 1 N–H and O–H groups in total. The van der Waals surface area contributed by atoms with E-state index in [4.69, 9.17) is 0 Å². The molecule has 3 rings (SSSR count). The number of benzene rings is 1. The van der Waals surface area contributed by atoms with E-state index < -0.39 is 27.5 Å². The summed E-state index contributed by atoms with van der Waals surface area (Å²) in [6.07, 6.45) is -2.20. The van der Waals surface area contributed by atoms with Gasteiger partial charge < -0.3 is 4.90 Å². The Morgan fingerprint density at radius 2 is 1.72 bits per heavy atom. The Morgan fingerprint density at radius 3 is 2.28 bits per heavy atom. The zero-order valence-corrected chi connectivity index (χ0v) is 19.4. The second-order valence-corrected chi connectivity index (χ2v) is 10.8. The smallest absolute Gasteiger partial charge is 0.340 e. The van der Waals surface area contributed by atoms with Crippen molar-refractivity contribution in [2.45, 2.75) is 63.5 Å². The Labute approximate surface area is 188 Å². The van der Waals surface area contributed by atoms with Crippen LogP contribution in [0.1, 0.15) is 50.7 Å². The molecule has 0 unspecified atom stereocenters. The second-order valence-electron chi connectivity index (χ2n) is 9.08. The molecule has 1 saturated heterocycles. The summed E-state index contributed by atoms with van der Waals surface area (Å²) in [6.45, 7) is 7.48. The molecule has 1 aliphatic heterocycles. The van der Waals surface area contributed by atoms with Gasteiger partial charge >= 0.3 is 6.18 Å². The van der Waals surface area contributed by atoms with Crippen molar-refractivity contribution >= 4 is 15.9 Å². The summed E-state index contributed by atoms with van der Waals surface area (Å²) in [4.78, 5) is 17.1.